The Kier molecular flexibility index (Phi) is 4.63. The standard InChI is InChI=1S/C16H12N4O/c17-9-4-10-20(14-5-2-1-3-6-14)16(21)15-8-7-13(11-18)12-19-15/h1-3,5-8,12H,4,10H2. The number of pyridine rings is 1. The Hall–Kier alpha value is -3.18. The van der Waals surface area contributed by atoms with E-state index in [0.717, 1.165) is 0 Å². The third-order valence-corrected chi connectivity index (χ3v) is 2.87. The second-order valence-corrected chi connectivity index (χ2v) is 4.24. The monoisotopic (exact) mass is 276 g/mol. The zero-order valence-corrected chi connectivity index (χ0v) is 11.2. The molecule has 0 atom stereocenters. The number of hydrogen-bond donors (Lipinski definition) is 0. The van der Waals surface area contributed by atoms with E-state index >= 15 is 0 Å². The van der Waals surface area contributed by atoms with E-state index in [1.54, 1.807) is 18.2 Å². The van der Waals surface area contributed by atoms with Gasteiger partial charge in [-0.1, -0.05) is 18.2 Å². The van der Waals surface area contributed by atoms with Crippen molar-refractivity contribution in [3.8, 4) is 12.1 Å². The molecule has 0 bridgehead atoms. The number of anilines is 1. The van der Waals surface area contributed by atoms with Crippen molar-refractivity contribution in [2.24, 2.45) is 0 Å². The Morgan fingerprint density at radius 3 is 2.48 bits per heavy atom. The van der Waals surface area contributed by atoms with Crippen LogP contribution in [0.1, 0.15) is 22.5 Å². The van der Waals surface area contributed by atoms with Gasteiger partial charge in [0.25, 0.3) is 5.91 Å². The topological polar surface area (TPSA) is 80.8 Å². The lowest BCUT2D eigenvalue weighted by molar-refractivity contribution is 0.0982. The minimum absolute atomic E-state index is 0.233. The molecule has 0 saturated heterocycles. The van der Waals surface area contributed by atoms with Gasteiger partial charge in [0.15, 0.2) is 0 Å². The van der Waals surface area contributed by atoms with Gasteiger partial charge in [-0.05, 0) is 24.3 Å². The molecule has 102 valence electrons. The molecule has 21 heavy (non-hydrogen) atoms. The summed E-state index contributed by atoms with van der Waals surface area (Å²) >= 11 is 0. The quantitative estimate of drug-likeness (QED) is 0.859. The number of hydrogen-bond acceptors (Lipinski definition) is 4. The van der Waals surface area contributed by atoms with Gasteiger partial charge in [0.1, 0.15) is 11.8 Å². The molecule has 0 unspecified atom stereocenters. The van der Waals surface area contributed by atoms with Gasteiger partial charge in [-0.3, -0.25) is 4.79 Å². The van der Waals surface area contributed by atoms with E-state index in [2.05, 4.69) is 4.98 Å². The first-order chi connectivity index (χ1) is 10.3. The number of rotatable bonds is 4. The second kappa shape index (κ2) is 6.83. The van der Waals surface area contributed by atoms with Gasteiger partial charge in [-0.15, -0.1) is 0 Å². The third-order valence-electron chi connectivity index (χ3n) is 2.87. The predicted octanol–water partition coefficient (Wildman–Crippen LogP) is 2.51. The number of nitriles is 2. The molecule has 5 heteroatoms. The van der Waals surface area contributed by atoms with Crippen molar-refractivity contribution in [3.63, 3.8) is 0 Å². The van der Waals surface area contributed by atoms with Crippen LogP contribution in [0.5, 0.6) is 0 Å². The van der Waals surface area contributed by atoms with E-state index in [-0.39, 0.29) is 18.0 Å². The maximum absolute atomic E-state index is 12.5. The Morgan fingerprint density at radius 1 is 1.14 bits per heavy atom. The molecule has 1 heterocycles. The summed E-state index contributed by atoms with van der Waals surface area (Å²) in [6.07, 6.45) is 1.59. The van der Waals surface area contributed by atoms with E-state index < -0.39 is 0 Å². The lowest BCUT2D eigenvalue weighted by Crippen LogP contribution is -2.32. The zero-order chi connectivity index (χ0) is 15.1. The van der Waals surface area contributed by atoms with Gasteiger partial charge in [0.2, 0.25) is 0 Å². The van der Waals surface area contributed by atoms with E-state index in [1.807, 2.05) is 30.3 Å². The third kappa shape index (κ3) is 3.43. The maximum atomic E-state index is 12.5. The van der Waals surface area contributed by atoms with Gasteiger partial charge in [0, 0.05) is 18.4 Å². The number of carbonyl (C=O) groups excluding carboxylic acids is 1. The summed E-state index contributed by atoms with van der Waals surface area (Å²) in [7, 11) is 0. The van der Waals surface area contributed by atoms with Crippen molar-refractivity contribution < 1.29 is 4.79 Å². The highest BCUT2D eigenvalue weighted by atomic mass is 16.2. The average Bonchev–Trinajstić information content (AvgIpc) is 2.56. The lowest BCUT2D eigenvalue weighted by Gasteiger charge is -2.21. The maximum Gasteiger partial charge on any atom is 0.276 e. The van der Waals surface area contributed by atoms with Crippen LogP contribution in [0.15, 0.2) is 48.7 Å². The summed E-state index contributed by atoms with van der Waals surface area (Å²) in [5, 5.41) is 17.5. The molecule has 0 spiro atoms. The lowest BCUT2D eigenvalue weighted by atomic mass is 10.2. The van der Waals surface area contributed by atoms with Crippen LogP contribution >= 0.6 is 0 Å². The molecule has 0 aliphatic carbocycles. The average molecular weight is 276 g/mol. The van der Waals surface area contributed by atoms with Gasteiger partial charge in [-0.2, -0.15) is 10.5 Å². The van der Waals surface area contributed by atoms with Crippen molar-refractivity contribution >= 4 is 11.6 Å². The molecule has 0 N–H and O–H groups in total. The summed E-state index contributed by atoms with van der Waals surface area (Å²) in [4.78, 5) is 18.0. The Bertz CT molecular complexity index is 696. The van der Waals surface area contributed by atoms with Crippen LogP contribution in [0, 0.1) is 22.7 Å². The highest BCUT2D eigenvalue weighted by Gasteiger charge is 2.18. The van der Waals surface area contributed by atoms with Crippen LogP contribution in [0.3, 0.4) is 0 Å². The van der Waals surface area contributed by atoms with Crippen molar-refractivity contribution in [2.75, 3.05) is 11.4 Å². The van der Waals surface area contributed by atoms with Gasteiger partial charge in [-0.25, -0.2) is 4.98 Å². The molecular formula is C16H12N4O. The number of carbonyl (C=O) groups is 1. The van der Waals surface area contributed by atoms with E-state index in [0.29, 0.717) is 17.8 Å². The highest BCUT2D eigenvalue weighted by molar-refractivity contribution is 6.04. The van der Waals surface area contributed by atoms with Crippen molar-refractivity contribution in [3.05, 3.63) is 59.9 Å². The first-order valence-electron chi connectivity index (χ1n) is 6.36. The van der Waals surface area contributed by atoms with Crippen LogP contribution in [0.2, 0.25) is 0 Å². The summed E-state index contributed by atoms with van der Waals surface area (Å²) in [6, 6.07) is 16.2. The molecule has 0 fully saturated rings. The summed E-state index contributed by atoms with van der Waals surface area (Å²) in [5.41, 5.74) is 1.36. The van der Waals surface area contributed by atoms with Crippen LogP contribution in [-0.4, -0.2) is 17.4 Å². The normalized spacial score (nSPS) is 9.43. The summed E-state index contributed by atoms with van der Waals surface area (Å²) in [5.74, 6) is -0.291. The molecule has 0 saturated carbocycles. The molecule has 2 rings (SSSR count). The Labute approximate surface area is 122 Å². The minimum atomic E-state index is -0.291. The summed E-state index contributed by atoms with van der Waals surface area (Å²) in [6.45, 7) is 0.293. The van der Waals surface area contributed by atoms with Crippen LogP contribution in [-0.2, 0) is 0 Å². The molecule has 0 aliphatic rings. The van der Waals surface area contributed by atoms with Gasteiger partial charge in [0.05, 0.1) is 18.1 Å². The SMILES string of the molecule is N#CCCN(C(=O)c1ccc(C#N)cn1)c1ccccc1. The number of para-hydroxylation sites is 1. The minimum Gasteiger partial charge on any atom is -0.306 e. The predicted molar refractivity (Wildman–Crippen MR) is 77.3 cm³/mol. The van der Waals surface area contributed by atoms with Gasteiger partial charge < -0.3 is 4.90 Å². The second-order valence-electron chi connectivity index (χ2n) is 4.24. The molecule has 2 aromatic rings. The fraction of sp³-hybridized carbons (Fsp3) is 0.125. The first kappa shape index (κ1) is 14.2. The highest BCUT2D eigenvalue weighted by Crippen LogP contribution is 2.16. The van der Waals surface area contributed by atoms with E-state index in [1.165, 1.54) is 17.2 Å². The van der Waals surface area contributed by atoms with Crippen LogP contribution in [0.4, 0.5) is 5.69 Å². The van der Waals surface area contributed by atoms with Gasteiger partial charge >= 0.3 is 0 Å². The van der Waals surface area contributed by atoms with Crippen molar-refractivity contribution in [1.82, 2.24) is 4.98 Å². The molecular weight excluding hydrogens is 264 g/mol. The number of aromatic nitrogens is 1. The largest absolute Gasteiger partial charge is 0.306 e. The molecule has 0 radical (unpaired) electrons. The van der Waals surface area contributed by atoms with Crippen molar-refractivity contribution in [1.29, 1.82) is 10.5 Å². The number of nitrogens with zero attached hydrogens (tertiary/aromatic N) is 4. The fourth-order valence-electron chi connectivity index (χ4n) is 1.84. The number of amides is 1. The molecule has 5 nitrogen and oxygen atoms in total. The van der Waals surface area contributed by atoms with E-state index in [4.69, 9.17) is 10.5 Å². The van der Waals surface area contributed by atoms with Crippen LogP contribution < -0.4 is 4.90 Å². The number of benzene rings is 1. The smallest absolute Gasteiger partial charge is 0.276 e. The first-order valence-corrected chi connectivity index (χ1v) is 6.36. The van der Waals surface area contributed by atoms with Crippen molar-refractivity contribution in [2.45, 2.75) is 6.42 Å². The zero-order valence-electron chi connectivity index (χ0n) is 11.2. The molecule has 0 aliphatic heterocycles. The summed E-state index contributed by atoms with van der Waals surface area (Å²) < 4.78 is 0. The Balaban J connectivity index is 2.30. The Morgan fingerprint density at radius 2 is 1.90 bits per heavy atom. The van der Waals surface area contributed by atoms with Crippen LogP contribution in [0.25, 0.3) is 0 Å². The van der Waals surface area contributed by atoms with E-state index in [9.17, 15) is 4.79 Å². The molecule has 1 aromatic carbocycles. The molecule has 1 amide bonds. The fourth-order valence-corrected chi connectivity index (χ4v) is 1.84. The molecule has 1 aromatic heterocycles.